The van der Waals surface area contributed by atoms with Gasteiger partial charge in [0.25, 0.3) is 0 Å². The molecule has 28 heavy (non-hydrogen) atoms. The van der Waals surface area contributed by atoms with Gasteiger partial charge in [0.1, 0.15) is 5.75 Å². The normalized spacial score (nSPS) is 12.7. The SMILES string of the molecule is CN=C(NCCS(=O)Cc1ccccc1)NCc1cc(C)ccc1OC(F)F. The van der Waals surface area contributed by atoms with E-state index < -0.39 is 17.4 Å². The van der Waals surface area contributed by atoms with Crippen molar-refractivity contribution in [2.45, 2.75) is 25.8 Å². The first-order chi connectivity index (χ1) is 13.5. The number of hydrogen-bond donors (Lipinski definition) is 2. The lowest BCUT2D eigenvalue weighted by atomic mass is 10.1. The maximum atomic E-state index is 12.6. The van der Waals surface area contributed by atoms with Gasteiger partial charge in [-0.05, 0) is 18.6 Å². The molecule has 2 N–H and O–H groups in total. The number of ether oxygens (including phenoxy) is 1. The summed E-state index contributed by atoms with van der Waals surface area (Å²) in [6.45, 7) is -0.243. The summed E-state index contributed by atoms with van der Waals surface area (Å²) in [5.41, 5.74) is 2.59. The molecule has 0 fully saturated rings. The standard InChI is InChI=1S/C20H25F2N3O2S/c1-15-8-9-18(27-19(21)22)17(12-15)13-25-20(23-2)24-10-11-28(26)14-16-6-4-3-5-7-16/h3-9,12,19H,10-11,13-14H2,1-2H3,(H2,23,24,25). The summed E-state index contributed by atoms with van der Waals surface area (Å²) < 4.78 is 41.8. The van der Waals surface area contributed by atoms with Crippen molar-refractivity contribution in [2.24, 2.45) is 4.99 Å². The zero-order valence-corrected chi connectivity index (χ0v) is 16.8. The van der Waals surface area contributed by atoms with Gasteiger partial charge >= 0.3 is 6.61 Å². The Balaban J connectivity index is 1.82. The molecule has 0 aromatic heterocycles. The lowest BCUT2D eigenvalue weighted by Crippen LogP contribution is -2.38. The molecular formula is C20H25F2N3O2S. The average molecular weight is 410 g/mol. The molecule has 0 heterocycles. The number of halogens is 2. The fourth-order valence-corrected chi connectivity index (χ4v) is 3.61. The molecular weight excluding hydrogens is 384 g/mol. The summed E-state index contributed by atoms with van der Waals surface area (Å²) in [5, 5.41) is 6.15. The molecule has 2 aromatic carbocycles. The molecule has 0 aliphatic carbocycles. The van der Waals surface area contributed by atoms with Crippen LogP contribution in [0.4, 0.5) is 8.78 Å². The van der Waals surface area contributed by atoms with Crippen LogP contribution in [-0.2, 0) is 23.1 Å². The van der Waals surface area contributed by atoms with E-state index in [0.717, 1.165) is 11.1 Å². The van der Waals surface area contributed by atoms with Crippen molar-refractivity contribution >= 4 is 16.8 Å². The molecule has 1 unspecified atom stereocenters. The van der Waals surface area contributed by atoms with Crippen LogP contribution < -0.4 is 15.4 Å². The van der Waals surface area contributed by atoms with Crippen molar-refractivity contribution in [3.63, 3.8) is 0 Å². The molecule has 0 saturated carbocycles. The molecule has 1 atom stereocenters. The van der Waals surface area contributed by atoms with E-state index in [0.29, 0.717) is 29.6 Å². The number of aliphatic imine (C=N–C) groups is 1. The van der Waals surface area contributed by atoms with Gasteiger partial charge in [0.05, 0.1) is 0 Å². The fraction of sp³-hybridized carbons (Fsp3) is 0.350. The Morgan fingerprint density at radius 3 is 2.61 bits per heavy atom. The van der Waals surface area contributed by atoms with Gasteiger partial charge in [-0.2, -0.15) is 8.78 Å². The van der Waals surface area contributed by atoms with Crippen LogP contribution in [0, 0.1) is 6.92 Å². The van der Waals surface area contributed by atoms with Crippen LogP contribution in [0.3, 0.4) is 0 Å². The van der Waals surface area contributed by atoms with E-state index in [1.165, 1.54) is 6.07 Å². The van der Waals surface area contributed by atoms with Crippen molar-refractivity contribution in [3.05, 3.63) is 65.2 Å². The summed E-state index contributed by atoms with van der Waals surface area (Å²) in [5.74, 6) is 1.61. The van der Waals surface area contributed by atoms with E-state index in [2.05, 4.69) is 20.4 Å². The Kier molecular flexibility index (Phi) is 8.87. The number of aryl methyl sites for hydroxylation is 1. The highest BCUT2D eigenvalue weighted by Gasteiger charge is 2.10. The monoisotopic (exact) mass is 409 g/mol. The van der Waals surface area contributed by atoms with Gasteiger partial charge in [-0.3, -0.25) is 9.20 Å². The number of nitrogens with zero attached hydrogens (tertiary/aromatic N) is 1. The molecule has 2 aromatic rings. The molecule has 5 nitrogen and oxygen atoms in total. The third-order valence-corrected chi connectivity index (χ3v) is 5.21. The minimum atomic E-state index is -2.88. The third kappa shape index (κ3) is 7.64. The quantitative estimate of drug-likeness (QED) is 0.493. The highest BCUT2D eigenvalue weighted by molar-refractivity contribution is 7.84. The maximum absolute atomic E-state index is 12.6. The molecule has 0 amide bonds. The topological polar surface area (TPSA) is 62.7 Å². The number of rotatable bonds is 9. The number of nitrogens with one attached hydrogen (secondary N) is 2. The van der Waals surface area contributed by atoms with E-state index in [1.54, 1.807) is 19.2 Å². The second-order valence-corrected chi connectivity index (χ2v) is 7.69. The molecule has 0 aliphatic heterocycles. The smallest absolute Gasteiger partial charge is 0.387 e. The number of alkyl halides is 2. The zero-order chi connectivity index (χ0) is 20.4. The van der Waals surface area contributed by atoms with Crippen LogP contribution >= 0.6 is 0 Å². The number of guanidine groups is 1. The van der Waals surface area contributed by atoms with Crippen molar-refractivity contribution < 1.29 is 17.7 Å². The van der Waals surface area contributed by atoms with Crippen molar-refractivity contribution in [2.75, 3.05) is 19.3 Å². The minimum absolute atomic E-state index is 0.132. The van der Waals surface area contributed by atoms with Gasteiger partial charge in [-0.15, -0.1) is 0 Å². The second kappa shape index (κ2) is 11.4. The molecule has 0 bridgehead atoms. The van der Waals surface area contributed by atoms with Gasteiger partial charge < -0.3 is 15.4 Å². The predicted octanol–water partition coefficient (Wildman–Crippen LogP) is 3.21. The molecule has 8 heteroatoms. The van der Waals surface area contributed by atoms with Crippen molar-refractivity contribution in [1.82, 2.24) is 10.6 Å². The maximum Gasteiger partial charge on any atom is 0.387 e. The highest BCUT2D eigenvalue weighted by atomic mass is 32.2. The predicted molar refractivity (Wildman–Crippen MR) is 109 cm³/mol. The van der Waals surface area contributed by atoms with Crippen LogP contribution in [0.15, 0.2) is 53.5 Å². The lowest BCUT2D eigenvalue weighted by molar-refractivity contribution is -0.0504. The molecule has 0 aliphatic rings. The van der Waals surface area contributed by atoms with Gasteiger partial charge in [-0.1, -0.05) is 48.0 Å². The summed E-state index contributed by atoms with van der Waals surface area (Å²) in [7, 11) is 0.623. The van der Waals surface area contributed by atoms with Crippen LogP contribution in [0.25, 0.3) is 0 Å². The van der Waals surface area contributed by atoms with E-state index in [-0.39, 0.29) is 12.3 Å². The van der Waals surface area contributed by atoms with Crippen LogP contribution in [0.2, 0.25) is 0 Å². The summed E-state index contributed by atoms with van der Waals surface area (Å²) in [6.07, 6.45) is 0. The van der Waals surface area contributed by atoms with Gasteiger partial charge in [0.2, 0.25) is 0 Å². The Hall–Kier alpha value is -2.48. The Bertz CT molecular complexity index is 801. The highest BCUT2D eigenvalue weighted by Crippen LogP contribution is 2.21. The third-order valence-electron chi connectivity index (χ3n) is 3.89. The van der Waals surface area contributed by atoms with E-state index >= 15 is 0 Å². The largest absolute Gasteiger partial charge is 0.434 e. The first kappa shape index (κ1) is 21.8. The molecule has 0 radical (unpaired) electrons. The summed E-state index contributed by atoms with van der Waals surface area (Å²) in [6, 6.07) is 14.7. The first-order valence-corrected chi connectivity index (χ1v) is 10.3. The Morgan fingerprint density at radius 2 is 1.93 bits per heavy atom. The second-order valence-electron chi connectivity index (χ2n) is 6.12. The van der Waals surface area contributed by atoms with E-state index in [1.807, 2.05) is 37.3 Å². The van der Waals surface area contributed by atoms with Gasteiger partial charge in [0, 0.05) is 48.0 Å². The van der Waals surface area contributed by atoms with Crippen LogP contribution in [0.5, 0.6) is 5.75 Å². The van der Waals surface area contributed by atoms with E-state index in [9.17, 15) is 13.0 Å². The van der Waals surface area contributed by atoms with E-state index in [4.69, 9.17) is 0 Å². The minimum Gasteiger partial charge on any atom is -0.434 e. The zero-order valence-electron chi connectivity index (χ0n) is 16.0. The van der Waals surface area contributed by atoms with Gasteiger partial charge in [0.15, 0.2) is 5.96 Å². The van der Waals surface area contributed by atoms with Crippen LogP contribution in [-0.4, -0.2) is 36.1 Å². The van der Waals surface area contributed by atoms with Gasteiger partial charge in [-0.25, -0.2) is 0 Å². The summed E-state index contributed by atoms with van der Waals surface area (Å²) >= 11 is 0. The average Bonchev–Trinajstić information content (AvgIpc) is 2.66. The molecule has 0 saturated heterocycles. The first-order valence-electron chi connectivity index (χ1n) is 8.85. The summed E-state index contributed by atoms with van der Waals surface area (Å²) in [4.78, 5) is 4.10. The number of hydrogen-bond acceptors (Lipinski definition) is 3. The molecule has 0 spiro atoms. The Morgan fingerprint density at radius 1 is 1.18 bits per heavy atom. The van der Waals surface area contributed by atoms with Crippen molar-refractivity contribution in [3.8, 4) is 5.75 Å². The Labute approximate surface area is 166 Å². The molecule has 152 valence electrons. The number of benzene rings is 2. The lowest BCUT2D eigenvalue weighted by Gasteiger charge is -2.15. The molecule has 2 rings (SSSR count). The van der Waals surface area contributed by atoms with Crippen molar-refractivity contribution in [1.29, 1.82) is 0 Å². The van der Waals surface area contributed by atoms with Crippen LogP contribution in [0.1, 0.15) is 16.7 Å². The fourth-order valence-electron chi connectivity index (χ4n) is 2.57.